The molecule has 3 atom stereocenters. The van der Waals surface area contributed by atoms with E-state index in [2.05, 4.69) is 32.6 Å². The molecule has 1 heterocycles. The molecule has 0 bridgehead atoms. The van der Waals surface area contributed by atoms with Crippen LogP contribution >= 0.6 is 0 Å². The molecule has 1 rings (SSSR count). The lowest BCUT2D eigenvalue weighted by atomic mass is 9.94. The van der Waals surface area contributed by atoms with Gasteiger partial charge in [-0.15, -0.1) is 0 Å². The topological polar surface area (TPSA) is 38.5 Å². The highest BCUT2D eigenvalue weighted by Crippen LogP contribution is 2.19. The Hall–Kier alpha value is -0.120. The van der Waals surface area contributed by atoms with Gasteiger partial charge in [0.05, 0.1) is 12.7 Å². The zero-order valence-corrected chi connectivity index (χ0v) is 11.3. The second-order valence-electron chi connectivity index (χ2n) is 5.40. The molecule has 0 aromatic carbocycles. The van der Waals surface area contributed by atoms with Crippen LogP contribution < -0.4 is 5.73 Å². The third-order valence-electron chi connectivity index (χ3n) is 3.77. The maximum atomic E-state index is 5.85. The lowest BCUT2D eigenvalue weighted by molar-refractivity contribution is -0.0621. The number of rotatable bonds is 5. The summed E-state index contributed by atoms with van der Waals surface area (Å²) in [6.07, 6.45) is 1.54. The van der Waals surface area contributed by atoms with E-state index in [-0.39, 0.29) is 0 Å². The quantitative estimate of drug-likeness (QED) is 0.778. The number of morpholine rings is 1. The van der Waals surface area contributed by atoms with E-state index in [0.717, 1.165) is 26.2 Å². The highest BCUT2D eigenvalue weighted by Gasteiger charge is 2.27. The van der Waals surface area contributed by atoms with Crippen molar-refractivity contribution in [3.05, 3.63) is 0 Å². The van der Waals surface area contributed by atoms with Gasteiger partial charge in [0.25, 0.3) is 0 Å². The molecule has 3 nitrogen and oxygen atoms in total. The predicted molar refractivity (Wildman–Crippen MR) is 68.4 cm³/mol. The first kappa shape index (κ1) is 13.9. The van der Waals surface area contributed by atoms with Gasteiger partial charge in [-0.1, -0.05) is 20.8 Å². The van der Waals surface area contributed by atoms with Gasteiger partial charge >= 0.3 is 0 Å². The fourth-order valence-corrected chi connectivity index (χ4v) is 2.37. The second kappa shape index (κ2) is 6.58. The van der Waals surface area contributed by atoms with E-state index in [1.165, 1.54) is 6.42 Å². The van der Waals surface area contributed by atoms with Crippen LogP contribution in [0.4, 0.5) is 0 Å². The Morgan fingerprint density at radius 3 is 2.62 bits per heavy atom. The average Bonchev–Trinajstić information content (AvgIpc) is 2.25. The molecule has 16 heavy (non-hydrogen) atoms. The summed E-state index contributed by atoms with van der Waals surface area (Å²) in [7, 11) is 0. The first-order valence-electron chi connectivity index (χ1n) is 6.64. The van der Waals surface area contributed by atoms with Crippen molar-refractivity contribution in [3.8, 4) is 0 Å². The average molecular weight is 228 g/mol. The molecule has 0 radical (unpaired) electrons. The van der Waals surface area contributed by atoms with Crippen LogP contribution in [-0.2, 0) is 4.74 Å². The molecular formula is C13H28N2O. The fraction of sp³-hybridized carbons (Fsp3) is 1.00. The van der Waals surface area contributed by atoms with Gasteiger partial charge < -0.3 is 10.5 Å². The van der Waals surface area contributed by atoms with E-state index in [1.54, 1.807) is 0 Å². The Morgan fingerprint density at radius 2 is 2.12 bits per heavy atom. The van der Waals surface area contributed by atoms with Crippen LogP contribution in [0.1, 0.15) is 34.1 Å². The summed E-state index contributed by atoms with van der Waals surface area (Å²) in [4.78, 5) is 2.58. The number of hydrogen-bond donors (Lipinski definition) is 1. The Bertz CT molecular complexity index is 194. The van der Waals surface area contributed by atoms with Crippen LogP contribution in [0, 0.1) is 11.8 Å². The van der Waals surface area contributed by atoms with Crippen molar-refractivity contribution < 1.29 is 4.74 Å². The SMILES string of the molecule is CCC1COC(C)CN1CC(CN)C(C)C. The number of hydrogen-bond acceptors (Lipinski definition) is 3. The monoisotopic (exact) mass is 228 g/mol. The number of nitrogens with zero attached hydrogens (tertiary/aromatic N) is 1. The van der Waals surface area contributed by atoms with Gasteiger partial charge in [-0.2, -0.15) is 0 Å². The van der Waals surface area contributed by atoms with Gasteiger partial charge in [0.2, 0.25) is 0 Å². The van der Waals surface area contributed by atoms with Crippen LogP contribution in [-0.4, -0.2) is 43.3 Å². The Kier molecular flexibility index (Phi) is 5.73. The smallest absolute Gasteiger partial charge is 0.0674 e. The second-order valence-corrected chi connectivity index (χ2v) is 5.40. The molecule has 1 aliphatic heterocycles. The molecule has 3 unspecified atom stereocenters. The summed E-state index contributed by atoms with van der Waals surface area (Å²) in [5, 5.41) is 0. The summed E-state index contributed by atoms with van der Waals surface area (Å²) in [5.74, 6) is 1.28. The molecule has 1 fully saturated rings. The largest absolute Gasteiger partial charge is 0.376 e. The van der Waals surface area contributed by atoms with Crippen LogP contribution in [0.25, 0.3) is 0 Å². The molecule has 3 heteroatoms. The first-order chi connectivity index (χ1) is 7.58. The fourth-order valence-electron chi connectivity index (χ4n) is 2.37. The summed E-state index contributed by atoms with van der Waals surface area (Å²) in [5.41, 5.74) is 5.85. The molecule has 1 aliphatic rings. The minimum absolute atomic E-state index is 0.369. The summed E-state index contributed by atoms with van der Waals surface area (Å²) < 4.78 is 5.71. The van der Waals surface area contributed by atoms with Crippen LogP contribution in [0.5, 0.6) is 0 Å². The maximum Gasteiger partial charge on any atom is 0.0674 e. The van der Waals surface area contributed by atoms with Gasteiger partial charge in [0.1, 0.15) is 0 Å². The van der Waals surface area contributed by atoms with E-state index >= 15 is 0 Å². The molecule has 0 aromatic heterocycles. The van der Waals surface area contributed by atoms with Gasteiger partial charge in [0, 0.05) is 19.1 Å². The van der Waals surface area contributed by atoms with Crippen molar-refractivity contribution in [2.45, 2.75) is 46.3 Å². The first-order valence-corrected chi connectivity index (χ1v) is 6.64. The molecule has 0 aliphatic carbocycles. The van der Waals surface area contributed by atoms with Crippen LogP contribution in [0.15, 0.2) is 0 Å². The number of ether oxygens (including phenoxy) is 1. The zero-order valence-electron chi connectivity index (χ0n) is 11.3. The van der Waals surface area contributed by atoms with Crippen molar-refractivity contribution >= 4 is 0 Å². The van der Waals surface area contributed by atoms with Gasteiger partial charge in [-0.05, 0) is 31.7 Å². The lowest BCUT2D eigenvalue weighted by Gasteiger charge is -2.40. The molecule has 96 valence electrons. The summed E-state index contributed by atoms with van der Waals surface area (Å²) in [6.45, 7) is 12.8. The van der Waals surface area contributed by atoms with Crippen LogP contribution in [0.3, 0.4) is 0 Å². The van der Waals surface area contributed by atoms with Crippen molar-refractivity contribution in [2.75, 3.05) is 26.2 Å². The highest BCUT2D eigenvalue weighted by molar-refractivity contribution is 4.80. The molecule has 1 saturated heterocycles. The zero-order chi connectivity index (χ0) is 12.1. The Morgan fingerprint density at radius 1 is 1.44 bits per heavy atom. The maximum absolute atomic E-state index is 5.85. The van der Waals surface area contributed by atoms with Crippen molar-refractivity contribution in [3.63, 3.8) is 0 Å². The van der Waals surface area contributed by atoms with E-state index in [4.69, 9.17) is 10.5 Å². The summed E-state index contributed by atoms with van der Waals surface area (Å²) in [6, 6.07) is 0.587. The van der Waals surface area contributed by atoms with E-state index in [1.807, 2.05) is 0 Å². The van der Waals surface area contributed by atoms with Gasteiger partial charge in [-0.25, -0.2) is 0 Å². The molecule has 0 amide bonds. The Balaban J connectivity index is 2.53. The molecule has 2 N–H and O–H groups in total. The minimum atomic E-state index is 0.369. The molecule has 0 spiro atoms. The lowest BCUT2D eigenvalue weighted by Crippen LogP contribution is -2.51. The normalized spacial score (nSPS) is 29.6. The molecule has 0 saturated carbocycles. The van der Waals surface area contributed by atoms with Gasteiger partial charge in [-0.3, -0.25) is 4.90 Å². The van der Waals surface area contributed by atoms with Crippen molar-refractivity contribution in [1.82, 2.24) is 4.90 Å². The van der Waals surface area contributed by atoms with Crippen LogP contribution in [0.2, 0.25) is 0 Å². The van der Waals surface area contributed by atoms with Gasteiger partial charge in [0.15, 0.2) is 0 Å². The standard InChI is InChI=1S/C13H28N2O/c1-5-13-9-16-11(4)7-15(13)8-12(6-14)10(2)3/h10-13H,5-9,14H2,1-4H3. The van der Waals surface area contributed by atoms with E-state index in [0.29, 0.717) is 24.0 Å². The molecular weight excluding hydrogens is 200 g/mol. The number of nitrogens with two attached hydrogens (primary N) is 1. The minimum Gasteiger partial charge on any atom is -0.376 e. The Labute approximate surface area is 100 Å². The van der Waals surface area contributed by atoms with E-state index < -0.39 is 0 Å². The third kappa shape index (κ3) is 3.72. The predicted octanol–water partition coefficient (Wildman–Crippen LogP) is 1.72. The highest BCUT2D eigenvalue weighted by atomic mass is 16.5. The van der Waals surface area contributed by atoms with Crippen molar-refractivity contribution in [1.29, 1.82) is 0 Å². The summed E-state index contributed by atoms with van der Waals surface area (Å²) >= 11 is 0. The molecule has 0 aromatic rings. The van der Waals surface area contributed by atoms with Crippen molar-refractivity contribution in [2.24, 2.45) is 17.6 Å². The third-order valence-corrected chi connectivity index (χ3v) is 3.77. The van der Waals surface area contributed by atoms with E-state index in [9.17, 15) is 0 Å².